The number of rotatable bonds is 4. The van der Waals surface area contributed by atoms with Crippen LogP contribution >= 0.6 is 0 Å². The zero-order valence-corrected chi connectivity index (χ0v) is 9.07. The van der Waals surface area contributed by atoms with Crippen molar-refractivity contribution in [2.75, 3.05) is 6.54 Å². The third-order valence-corrected chi connectivity index (χ3v) is 1.85. The van der Waals surface area contributed by atoms with Crippen molar-refractivity contribution in [2.24, 2.45) is 0 Å². The van der Waals surface area contributed by atoms with E-state index in [2.05, 4.69) is 31.1 Å². The number of aromatic nitrogens is 2. The van der Waals surface area contributed by atoms with Gasteiger partial charge in [-0.1, -0.05) is 0 Å². The first-order chi connectivity index (χ1) is 6.47. The summed E-state index contributed by atoms with van der Waals surface area (Å²) < 4.78 is 1.87. The van der Waals surface area contributed by atoms with Gasteiger partial charge < -0.3 is 15.0 Å². The van der Waals surface area contributed by atoms with E-state index >= 15 is 0 Å². The molecular weight excluding hydrogens is 178 g/mol. The monoisotopic (exact) mass is 197 g/mol. The van der Waals surface area contributed by atoms with Gasteiger partial charge >= 0.3 is 0 Å². The summed E-state index contributed by atoms with van der Waals surface area (Å²) >= 11 is 0. The van der Waals surface area contributed by atoms with Gasteiger partial charge in [0.1, 0.15) is 0 Å². The first-order valence-corrected chi connectivity index (χ1v) is 4.86. The van der Waals surface area contributed by atoms with E-state index in [0.717, 1.165) is 0 Å². The first-order valence-electron chi connectivity index (χ1n) is 4.86. The summed E-state index contributed by atoms with van der Waals surface area (Å²) in [6.45, 7) is 7.43. The number of hydrogen-bond donors (Lipinski definition) is 2. The van der Waals surface area contributed by atoms with Gasteiger partial charge in [-0.05, 0) is 20.8 Å². The van der Waals surface area contributed by atoms with Gasteiger partial charge in [0.15, 0.2) is 0 Å². The van der Waals surface area contributed by atoms with Crippen molar-refractivity contribution in [2.45, 2.75) is 39.0 Å². The third kappa shape index (κ3) is 4.39. The van der Waals surface area contributed by atoms with Crippen molar-refractivity contribution in [3.05, 3.63) is 18.7 Å². The summed E-state index contributed by atoms with van der Waals surface area (Å²) in [5.74, 6) is 0. The van der Waals surface area contributed by atoms with Crippen LogP contribution < -0.4 is 5.32 Å². The number of β-amino-alcohol motifs (C(OH)–C–C–N with tert-alkyl or cyclic N) is 1. The lowest BCUT2D eigenvalue weighted by atomic mass is 10.1. The Balaban J connectivity index is 2.26. The van der Waals surface area contributed by atoms with Gasteiger partial charge in [-0.15, -0.1) is 0 Å². The molecule has 0 fully saturated rings. The zero-order valence-electron chi connectivity index (χ0n) is 9.07. The van der Waals surface area contributed by atoms with Crippen LogP contribution in [-0.4, -0.2) is 32.8 Å². The predicted molar refractivity (Wildman–Crippen MR) is 56.0 cm³/mol. The molecule has 0 bridgehead atoms. The fraction of sp³-hybridized carbons (Fsp3) is 0.700. The summed E-state index contributed by atoms with van der Waals surface area (Å²) in [6, 6.07) is 0. The quantitative estimate of drug-likeness (QED) is 0.744. The molecular formula is C10H19N3O. The minimum absolute atomic E-state index is 0.0515. The molecule has 0 spiro atoms. The van der Waals surface area contributed by atoms with E-state index in [1.165, 1.54) is 0 Å². The lowest BCUT2D eigenvalue weighted by Crippen LogP contribution is -2.41. The van der Waals surface area contributed by atoms with Crippen LogP contribution in [0.3, 0.4) is 0 Å². The van der Waals surface area contributed by atoms with Crippen molar-refractivity contribution < 1.29 is 5.11 Å². The van der Waals surface area contributed by atoms with Gasteiger partial charge in [0.05, 0.1) is 19.0 Å². The molecule has 1 aromatic rings. The van der Waals surface area contributed by atoms with E-state index in [4.69, 9.17) is 0 Å². The molecule has 4 nitrogen and oxygen atoms in total. The van der Waals surface area contributed by atoms with E-state index in [1.54, 1.807) is 12.5 Å². The molecule has 1 aromatic heterocycles. The van der Waals surface area contributed by atoms with Crippen LogP contribution in [0.5, 0.6) is 0 Å². The number of aliphatic hydroxyl groups excluding tert-OH is 1. The van der Waals surface area contributed by atoms with Crippen molar-refractivity contribution in [3.63, 3.8) is 0 Å². The molecule has 2 N–H and O–H groups in total. The molecule has 80 valence electrons. The average molecular weight is 197 g/mol. The fourth-order valence-electron chi connectivity index (χ4n) is 1.13. The normalized spacial score (nSPS) is 14.3. The Morgan fingerprint density at radius 3 is 2.71 bits per heavy atom. The standard InChI is InChI=1S/C10H19N3O/c1-10(2,3)12-6-9(14)7-13-5-4-11-8-13/h4-5,8-9,12,14H,6-7H2,1-3H3. The molecule has 1 unspecified atom stereocenters. The Labute approximate surface area is 85.0 Å². The number of imidazole rings is 1. The summed E-state index contributed by atoms with van der Waals surface area (Å²) in [5, 5.41) is 12.9. The van der Waals surface area contributed by atoms with Crippen LogP contribution in [0, 0.1) is 0 Å². The maximum Gasteiger partial charge on any atom is 0.0946 e. The molecule has 0 saturated carbocycles. The van der Waals surface area contributed by atoms with Crippen molar-refractivity contribution in [3.8, 4) is 0 Å². The Kier molecular flexibility index (Phi) is 3.66. The van der Waals surface area contributed by atoms with Gasteiger partial charge in [0, 0.05) is 24.5 Å². The zero-order chi connectivity index (χ0) is 10.6. The van der Waals surface area contributed by atoms with E-state index in [9.17, 15) is 5.11 Å². The Hall–Kier alpha value is -0.870. The fourth-order valence-corrected chi connectivity index (χ4v) is 1.13. The van der Waals surface area contributed by atoms with Crippen molar-refractivity contribution in [1.82, 2.24) is 14.9 Å². The van der Waals surface area contributed by atoms with Crippen LogP contribution in [0.1, 0.15) is 20.8 Å². The number of nitrogens with one attached hydrogen (secondary N) is 1. The van der Waals surface area contributed by atoms with Gasteiger partial charge in [-0.2, -0.15) is 0 Å². The SMILES string of the molecule is CC(C)(C)NCC(O)Cn1ccnc1. The molecule has 0 saturated heterocycles. The lowest BCUT2D eigenvalue weighted by Gasteiger charge is -2.22. The highest BCUT2D eigenvalue weighted by atomic mass is 16.3. The van der Waals surface area contributed by atoms with E-state index in [1.807, 2.05) is 10.8 Å². The van der Waals surface area contributed by atoms with Crippen LogP contribution in [0.25, 0.3) is 0 Å². The lowest BCUT2D eigenvalue weighted by molar-refractivity contribution is 0.142. The molecule has 14 heavy (non-hydrogen) atoms. The molecule has 4 heteroatoms. The summed E-state index contributed by atoms with van der Waals surface area (Å²) in [6.07, 6.45) is 4.90. The smallest absolute Gasteiger partial charge is 0.0946 e. The van der Waals surface area contributed by atoms with E-state index < -0.39 is 0 Å². The van der Waals surface area contributed by atoms with Crippen molar-refractivity contribution in [1.29, 1.82) is 0 Å². The molecule has 1 heterocycles. The van der Waals surface area contributed by atoms with Gasteiger partial charge in [-0.25, -0.2) is 4.98 Å². The predicted octanol–water partition coefficient (Wildman–Crippen LogP) is 0.632. The highest BCUT2D eigenvalue weighted by molar-refractivity contribution is 4.78. The maximum absolute atomic E-state index is 9.67. The van der Waals surface area contributed by atoms with Gasteiger partial charge in [-0.3, -0.25) is 0 Å². The largest absolute Gasteiger partial charge is 0.390 e. The second kappa shape index (κ2) is 4.57. The topological polar surface area (TPSA) is 50.1 Å². The molecule has 0 aliphatic carbocycles. The van der Waals surface area contributed by atoms with Crippen LogP contribution in [0.2, 0.25) is 0 Å². The van der Waals surface area contributed by atoms with Crippen LogP contribution in [0.4, 0.5) is 0 Å². The minimum Gasteiger partial charge on any atom is -0.390 e. The Bertz CT molecular complexity index is 251. The Morgan fingerprint density at radius 2 is 2.21 bits per heavy atom. The summed E-state index contributed by atoms with van der Waals surface area (Å²) in [7, 11) is 0. The minimum atomic E-state index is -0.372. The van der Waals surface area contributed by atoms with Crippen LogP contribution in [0.15, 0.2) is 18.7 Å². The maximum atomic E-state index is 9.67. The molecule has 0 aromatic carbocycles. The highest BCUT2D eigenvalue weighted by Gasteiger charge is 2.11. The number of aliphatic hydroxyl groups is 1. The van der Waals surface area contributed by atoms with E-state index in [-0.39, 0.29) is 11.6 Å². The summed E-state index contributed by atoms with van der Waals surface area (Å²) in [4.78, 5) is 3.92. The molecule has 0 radical (unpaired) electrons. The highest BCUT2D eigenvalue weighted by Crippen LogP contribution is 1.99. The average Bonchev–Trinajstić information content (AvgIpc) is 2.52. The Morgan fingerprint density at radius 1 is 1.50 bits per heavy atom. The second-order valence-electron chi connectivity index (χ2n) is 4.54. The molecule has 0 amide bonds. The van der Waals surface area contributed by atoms with Gasteiger partial charge in [0.2, 0.25) is 0 Å². The molecule has 0 aliphatic rings. The molecule has 1 atom stereocenters. The third-order valence-electron chi connectivity index (χ3n) is 1.85. The molecule has 0 aliphatic heterocycles. The second-order valence-corrected chi connectivity index (χ2v) is 4.54. The summed E-state index contributed by atoms with van der Waals surface area (Å²) in [5.41, 5.74) is 0.0515. The number of hydrogen-bond acceptors (Lipinski definition) is 3. The number of nitrogens with zero attached hydrogens (tertiary/aromatic N) is 2. The van der Waals surface area contributed by atoms with E-state index in [0.29, 0.717) is 13.1 Å². The first kappa shape index (κ1) is 11.2. The van der Waals surface area contributed by atoms with Crippen LogP contribution in [-0.2, 0) is 6.54 Å². The van der Waals surface area contributed by atoms with Crippen molar-refractivity contribution >= 4 is 0 Å². The molecule has 1 rings (SSSR count). The van der Waals surface area contributed by atoms with Gasteiger partial charge in [0.25, 0.3) is 0 Å².